The van der Waals surface area contributed by atoms with Crippen molar-refractivity contribution < 1.29 is 14.6 Å². The van der Waals surface area contributed by atoms with E-state index in [4.69, 9.17) is 9.84 Å². The zero-order chi connectivity index (χ0) is 7.84. The van der Waals surface area contributed by atoms with Crippen molar-refractivity contribution in [1.29, 1.82) is 0 Å². The lowest BCUT2D eigenvalue weighted by Crippen LogP contribution is -2.26. The predicted octanol–water partition coefficient (Wildman–Crippen LogP) is 1.20. The Kier molecular flexibility index (Phi) is 1.12. The lowest BCUT2D eigenvalue weighted by Gasteiger charge is -2.27. The number of hydrogen-bond donors (Lipinski definition) is 1. The van der Waals surface area contributed by atoms with Crippen LogP contribution in [0.25, 0.3) is 0 Å². The van der Waals surface area contributed by atoms with Crippen LogP contribution in [0.15, 0.2) is 24.3 Å². The highest BCUT2D eigenvalue weighted by atomic mass is 16.5. The van der Waals surface area contributed by atoms with Gasteiger partial charge in [0.1, 0.15) is 5.75 Å². The van der Waals surface area contributed by atoms with Crippen LogP contribution in [-0.4, -0.2) is 11.1 Å². The molecular weight excluding hydrogens is 144 g/mol. The maximum absolute atomic E-state index is 10.4. The number of carboxylic acids is 1. The Balaban J connectivity index is 2.36. The summed E-state index contributed by atoms with van der Waals surface area (Å²) in [5.41, 5.74) is 0.764. The van der Waals surface area contributed by atoms with Gasteiger partial charge in [-0.1, -0.05) is 18.2 Å². The van der Waals surface area contributed by atoms with E-state index in [1.807, 2.05) is 6.07 Å². The zero-order valence-corrected chi connectivity index (χ0v) is 5.65. The van der Waals surface area contributed by atoms with Gasteiger partial charge in [0.15, 0.2) is 0 Å². The Morgan fingerprint density at radius 1 is 1.45 bits per heavy atom. The minimum absolute atomic E-state index is 0.680. The molecule has 3 heteroatoms. The van der Waals surface area contributed by atoms with Crippen molar-refractivity contribution in [2.45, 2.75) is 6.10 Å². The SMILES string of the molecule is O=C(O)C1Oc2ccccc21. The first-order chi connectivity index (χ1) is 5.29. The number of aliphatic carboxylic acids is 1. The van der Waals surface area contributed by atoms with Crippen LogP contribution in [0.4, 0.5) is 0 Å². The van der Waals surface area contributed by atoms with E-state index in [1.165, 1.54) is 0 Å². The summed E-state index contributed by atoms with van der Waals surface area (Å²) in [6.45, 7) is 0. The highest BCUT2D eigenvalue weighted by Gasteiger charge is 2.33. The number of para-hydroxylation sites is 1. The van der Waals surface area contributed by atoms with E-state index < -0.39 is 12.1 Å². The Hall–Kier alpha value is -1.51. The molecule has 1 heterocycles. The smallest absolute Gasteiger partial charge is 0.349 e. The first kappa shape index (κ1) is 6.22. The van der Waals surface area contributed by atoms with Crippen LogP contribution in [0.2, 0.25) is 0 Å². The van der Waals surface area contributed by atoms with Gasteiger partial charge in [-0.2, -0.15) is 0 Å². The van der Waals surface area contributed by atoms with Crippen LogP contribution in [0, 0.1) is 0 Å². The standard InChI is InChI=1S/C8H6O3/c9-8(10)7-5-3-1-2-4-6(5)11-7/h1-4,7H,(H,9,10). The van der Waals surface area contributed by atoms with Gasteiger partial charge in [0.2, 0.25) is 6.10 Å². The van der Waals surface area contributed by atoms with Crippen LogP contribution >= 0.6 is 0 Å². The number of hydrogen-bond acceptors (Lipinski definition) is 2. The van der Waals surface area contributed by atoms with Crippen LogP contribution in [0.3, 0.4) is 0 Å². The third-order valence-electron chi connectivity index (χ3n) is 1.67. The molecule has 0 amide bonds. The number of rotatable bonds is 1. The first-order valence-corrected chi connectivity index (χ1v) is 3.27. The lowest BCUT2D eigenvalue weighted by molar-refractivity contribution is -0.147. The predicted molar refractivity (Wildman–Crippen MR) is 37.4 cm³/mol. The molecule has 1 aromatic rings. The van der Waals surface area contributed by atoms with E-state index in [2.05, 4.69) is 0 Å². The van der Waals surface area contributed by atoms with Crippen molar-refractivity contribution in [3.05, 3.63) is 29.8 Å². The van der Waals surface area contributed by atoms with Gasteiger partial charge in [0, 0.05) is 5.56 Å². The van der Waals surface area contributed by atoms with Crippen molar-refractivity contribution in [1.82, 2.24) is 0 Å². The van der Waals surface area contributed by atoms with Crippen molar-refractivity contribution in [2.24, 2.45) is 0 Å². The molecule has 1 N–H and O–H groups in total. The monoisotopic (exact) mass is 150 g/mol. The molecule has 2 rings (SSSR count). The fourth-order valence-corrected chi connectivity index (χ4v) is 1.12. The maximum atomic E-state index is 10.4. The lowest BCUT2D eigenvalue weighted by atomic mass is 10.0. The van der Waals surface area contributed by atoms with Gasteiger partial charge < -0.3 is 9.84 Å². The Labute approximate surface area is 63.2 Å². The fraction of sp³-hybridized carbons (Fsp3) is 0.125. The van der Waals surface area contributed by atoms with Crippen molar-refractivity contribution in [3.8, 4) is 5.75 Å². The molecule has 0 saturated carbocycles. The summed E-state index contributed by atoms with van der Waals surface area (Å²) in [6.07, 6.45) is -0.744. The molecule has 1 aliphatic heterocycles. The summed E-state index contributed by atoms with van der Waals surface area (Å²) in [5, 5.41) is 8.56. The summed E-state index contributed by atoms with van der Waals surface area (Å²) < 4.78 is 4.95. The molecule has 0 aliphatic carbocycles. The summed E-state index contributed by atoms with van der Waals surface area (Å²) in [6, 6.07) is 7.14. The minimum atomic E-state index is -0.927. The summed E-state index contributed by atoms with van der Waals surface area (Å²) in [4.78, 5) is 10.4. The van der Waals surface area contributed by atoms with E-state index in [-0.39, 0.29) is 0 Å². The van der Waals surface area contributed by atoms with Gasteiger partial charge in [-0.05, 0) is 6.07 Å². The topological polar surface area (TPSA) is 46.5 Å². The second kappa shape index (κ2) is 1.99. The quantitative estimate of drug-likeness (QED) is 0.654. The summed E-state index contributed by atoms with van der Waals surface area (Å²) in [5.74, 6) is -0.247. The summed E-state index contributed by atoms with van der Waals surface area (Å²) >= 11 is 0. The molecule has 0 spiro atoms. The number of ether oxygens (including phenoxy) is 1. The molecule has 1 aliphatic rings. The number of carbonyl (C=O) groups is 1. The zero-order valence-electron chi connectivity index (χ0n) is 5.65. The van der Waals surface area contributed by atoms with Crippen LogP contribution in [0.1, 0.15) is 11.7 Å². The molecule has 0 aromatic heterocycles. The Morgan fingerprint density at radius 3 is 2.82 bits per heavy atom. The Morgan fingerprint density at radius 2 is 2.18 bits per heavy atom. The van der Waals surface area contributed by atoms with Gasteiger partial charge >= 0.3 is 5.97 Å². The molecular formula is C8H6O3. The molecule has 56 valence electrons. The van der Waals surface area contributed by atoms with Crippen molar-refractivity contribution >= 4 is 5.97 Å². The minimum Gasteiger partial charge on any atom is -0.478 e. The van der Waals surface area contributed by atoms with Crippen molar-refractivity contribution in [2.75, 3.05) is 0 Å². The van der Waals surface area contributed by atoms with E-state index in [1.54, 1.807) is 18.2 Å². The van der Waals surface area contributed by atoms with Gasteiger partial charge in [-0.3, -0.25) is 0 Å². The first-order valence-electron chi connectivity index (χ1n) is 3.27. The Bertz CT molecular complexity index is 306. The van der Waals surface area contributed by atoms with Crippen LogP contribution in [0.5, 0.6) is 5.75 Å². The van der Waals surface area contributed by atoms with Crippen LogP contribution < -0.4 is 4.74 Å². The molecule has 1 aromatic carbocycles. The second-order valence-electron chi connectivity index (χ2n) is 2.37. The van der Waals surface area contributed by atoms with E-state index in [0.717, 1.165) is 5.56 Å². The fourth-order valence-electron chi connectivity index (χ4n) is 1.12. The normalized spacial score (nSPS) is 19.5. The molecule has 0 bridgehead atoms. The highest BCUT2D eigenvalue weighted by molar-refractivity contribution is 5.78. The molecule has 1 atom stereocenters. The maximum Gasteiger partial charge on any atom is 0.349 e. The van der Waals surface area contributed by atoms with Gasteiger partial charge in [0.05, 0.1) is 0 Å². The van der Waals surface area contributed by atoms with Gasteiger partial charge in [-0.15, -0.1) is 0 Å². The third kappa shape index (κ3) is 0.774. The van der Waals surface area contributed by atoms with E-state index in [9.17, 15) is 4.79 Å². The largest absolute Gasteiger partial charge is 0.478 e. The van der Waals surface area contributed by atoms with E-state index in [0.29, 0.717) is 5.75 Å². The highest BCUT2D eigenvalue weighted by Crippen LogP contribution is 2.38. The number of fused-ring (bicyclic) bond motifs is 1. The average Bonchev–Trinajstić information content (AvgIpc) is 1.90. The third-order valence-corrected chi connectivity index (χ3v) is 1.67. The number of carboxylic acid groups (broad SMARTS) is 1. The molecule has 0 saturated heterocycles. The molecule has 1 unspecified atom stereocenters. The molecule has 0 radical (unpaired) electrons. The molecule has 3 nitrogen and oxygen atoms in total. The van der Waals surface area contributed by atoms with Crippen molar-refractivity contribution in [3.63, 3.8) is 0 Å². The van der Waals surface area contributed by atoms with Crippen LogP contribution in [-0.2, 0) is 4.79 Å². The summed E-state index contributed by atoms with van der Waals surface area (Å²) in [7, 11) is 0. The molecule has 0 fully saturated rings. The van der Waals surface area contributed by atoms with Gasteiger partial charge in [0.25, 0.3) is 0 Å². The second-order valence-corrected chi connectivity index (χ2v) is 2.37. The average molecular weight is 150 g/mol. The van der Waals surface area contributed by atoms with E-state index >= 15 is 0 Å². The van der Waals surface area contributed by atoms with Gasteiger partial charge in [-0.25, -0.2) is 4.79 Å². The number of benzene rings is 1. The molecule has 11 heavy (non-hydrogen) atoms.